The second-order valence-electron chi connectivity index (χ2n) is 3.59. The molecule has 0 saturated heterocycles. The summed E-state index contributed by atoms with van der Waals surface area (Å²) >= 11 is 0. The molecule has 0 heterocycles. The van der Waals surface area contributed by atoms with Crippen LogP contribution in [0.4, 0.5) is 0 Å². The number of nitrogens with one attached hydrogen (secondary N) is 1. The summed E-state index contributed by atoms with van der Waals surface area (Å²) in [6.45, 7) is 0.988. The Bertz CT molecular complexity index is 583. The molecule has 3 N–H and O–H groups in total. The first-order valence-electron chi connectivity index (χ1n) is 5.40. The van der Waals surface area contributed by atoms with Gasteiger partial charge in [0.2, 0.25) is 5.91 Å². The average molecular weight is 286 g/mol. The number of amides is 2. The second-order valence-corrected chi connectivity index (χ2v) is 5.83. The van der Waals surface area contributed by atoms with Crippen LogP contribution in [0.1, 0.15) is 17.3 Å². The molecule has 0 fully saturated rings. The Morgan fingerprint density at radius 3 is 2.53 bits per heavy atom. The van der Waals surface area contributed by atoms with Gasteiger partial charge >= 0.3 is 0 Å². The van der Waals surface area contributed by atoms with Gasteiger partial charge in [0, 0.05) is 0 Å². The van der Waals surface area contributed by atoms with Gasteiger partial charge in [-0.05, 0) is 12.1 Å². The van der Waals surface area contributed by atoms with Crippen molar-refractivity contribution in [1.29, 1.82) is 0 Å². The summed E-state index contributed by atoms with van der Waals surface area (Å²) in [6.07, 6.45) is 0. The first-order chi connectivity index (χ1) is 8.88. The maximum absolute atomic E-state index is 11.8. The minimum Gasteiger partial charge on any atom is -0.368 e. The minimum atomic E-state index is -3.52. The minimum absolute atomic E-state index is 0.0474. The molecule has 7 nitrogen and oxygen atoms in total. The third-order valence-electron chi connectivity index (χ3n) is 2.23. The van der Waals surface area contributed by atoms with Crippen molar-refractivity contribution in [2.45, 2.75) is 11.8 Å². The average Bonchev–Trinajstić information content (AvgIpc) is 2.38. The maximum Gasteiger partial charge on any atom is 0.276 e. The Morgan fingerprint density at radius 1 is 1.32 bits per heavy atom. The lowest BCUT2D eigenvalue weighted by atomic mass is 10.2. The molecule has 0 aromatic heterocycles. The van der Waals surface area contributed by atoms with Crippen molar-refractivity contribution in [3.63, 3.8) is 0 Å². The Kier molecular flexibility index (Phi) is 5.02. The quantitative estimate of drug-likeness (QED) is 0.692. The highest BCUT2D eigenvalue weighted by Gasteiger charge is 2.20. The van der Waals surface area contributed by atoms with Crippen LogP contribution < -0.4 is 11.2 Å². The molecule has 0 aliphatic carbocycles. The molecule has 0 spiro atoms. The molecule has 0 unspecified atom stereocenters. The number of benzene rings is 1. The molecular formula is C11H14N2O5S. The van der Waals surface area contributed by atoms with E-state index in [0.29, 0.717) is 0 Å². The number of carbonyl (C=O) groups is 2. The van der Waals surface area contributed by atoms with E-state index in [0.717, 1.165) is 0 Å². The Labute approximate surface area is 110 Å². The highest BCUT2D eigenvalue weighted by atomic mass is 32.2. The second kappa shape index (κ2) is 6.30. The third kappa shape index (κ3) is 4.04. The number of sulfone groups is 1. The van der Waals surface area contributed by atoms with Gasteiger partial charge in [0.05, 0.1) is 16.2 Å². The molecule has 0 aliphatic heterocycles. The van der Waals surface area contributed by atoms with Crippen LogP contribution in [0.15, 0.2) is 29.2 Å². The van der Waals surface area contributed by atoms with Crippen molar-refractivity contribution in [1.82, 2.24) is 5.48 Å². The van der Waals surface area contributed by atoms with Crippen molar-refractivity contribution in [3.8, 4) is 0 Å². The van der Waals surface area contributed by atoms with Crippen LogP contribution in [-0.4, -0.2) is 32.6 Å². The van der Waals surface area contributed by atoms with E-state index in [1.165, 1.54) is 31.2 Å². The molecule has 1 aromatic carbocycles. The lowest BCUT2D eigenvalue weighted by Gasteiger charge is -2.09. The van der Waals surface area contributed by atoms with E-state index in [2.05, 4.69) is 4.84 Å². The molecule has 1 rings (SSSR count). The molecule has 0 aliphatic rings. The van der Waals surface area contributed by atoms with Gasteiger partial charge in [-0.3, -0.25) is 14.4 Å². The zero-order valence-electron chi connectivity index (χ0n) is 10.3. The topological polar surface area (TPSA) is 116 Å². The predicted octanol–water partition coefficient (Wildman–Crippen LogP) is -0.373. The van der Waals surface area contributed by atoms with Crippen LogP contribution in [0, 0.1) is 0 Å². The molecule has 0 atom stereocenters. The van der Waals surface area contributed by atoms with E-state index in [1.807, 2.05) is 5.48 Å². The van der Waals surface area contributed by atoms with Crippen LogP contribution in [0.2, 0.25) is 0 Å². The van der Waals surface area contributed by atoms with Crippen molar-refractivity contribution in [3.05, 3.63) is 29.8 Å². The van der Waals surface area contributed by atoms with Gasteiger partial charge in [0.25, 0.3) is 5.91 Å². The maximum atomic E-state index is 11.8. The molecule has 0 radical (unpaired) electrons. The molecule has 0 saturated carbocycles. The first kappa shape index (κ1) is 15.1. The van der Waals surface area contributed by atoms with Crippen LogP contribution in [0.3, 0.4) is 0 Å². The van der Waals surface area contributed by atoms with Crippen LogP contribution >= 0.6 is 0 Å². The zero-order chi connectivity index (χ0) is 14.5. The fourth-order valence-corrected chi connectivity index (χ4v) is 2.40. The van der Waals surface area contributed by atoms with Crippen molar-refractivity contribution < 1.29 is 22.8 Å². The monoisotopic (exact) mass is 286 g/mol. The Morgan fingerprint density at radius 2 is 1.95 bits per heavy atom. The lowest BCUT2D eigenvalue weighted by Crippen LogP contribution is -2.30. The van der Waals surface area contributed by atoms with Crippen LogP contribution in [0.5, 0.6) is 0 Å². The van der Waals surface area contributed by atoms with E-state index in [-0.39, 0.29) is 16.2 Å². The van der Waals surface area contributed by atoms with Crippen molar-refractivity contribution in [2.75, 3.05) is 12.4 Å². The number of carbonyl (C=O) groups excluding carboxylic acids is 2. The number of primary amides is 1. The molecular weight excluding hydrogens is 272 g/mol. The number of rotatable bonds is 6. The van der Waals surface area contributed by atoms with E-state index < -0.39 is 28.3 Å². The Balaban J connectivity index is 2.95. The van der Waals surface area contributed by atoms with Gasteiger partial charge in [-0.1, -0.05) is 19.1 Å². The molecule has 0 bridgehead atoms. The smallest absolute Gasteiger partial charge is 0.276 e. The summed E-state index contributed by atoms with van der Waals surface area (Å²) in [6, 6.07) is 5.73. The summed E-state index contributed by atoms with van der Waals surface area (Å²) in [5.41, 5.74) is 6.74. The largest absolute Gasteiger partial charge is 0.368 e. The van der Waals surface area contributed by atoms with Crippen LogP contribution in [-0.2, 0) is 19.5 Å². The van der Waals surface area contributed by atoms with E-state index in [9.17, 15) is 18.0 Å². The highest BCUT2D eigenvalue weighted by molar-refractivity contribution is 7.91. The van der Waals surface area contributed by atoms with Gasteiger partial charge in [-0.15, -0.1) is 0 Å². The van der Waals surface area contributed by atoms with E-state index >= 15 is 0 Å². The van der Waals surface area contributed by atoms with Crippen LogP contribution in [0.25, 0.3) is 0 Å². The summed E-state index contributed by atoms with van der Waals surface area (Å²) in [5.74, 6) is -1.64. The van der Waals surface area contributed by atoms with E-state index in [1.54, 1.807) is 0 Å². The highest BCUT2D eigenvalue weighted by Crippen LogP contribution is 2.16. The summed E-state index contributed by atoms with van der Waals surface area (Å²) < 4.78 is 23.6. The number of hydrogen-bond donors (Lipinski definition) is 2. The standard InChI is InChI=1S/C11H14N2O5S/c1-2-19(16,17)9-6-4-3-5-8(9)11(15)13-18-7-10(12)14/h3-6H,2,7H2,1H3,(H2,12,14)(H,13,15). The Hall–Kier alpha value is -1.93. The number of nitrogens with two attached hydrogens (primary N) is 1. The number of hydrogen-bond acceptors (Lipinski definition) is 5. The van der Waals surface area contributed by atoms with Gasteiger partial charge in [0.15, 0.2) is 16.4 Å². The summed E-state index contributed by atoms with van der Waals surface area (Å²) in [7, 11) is -3.52. The van der Waals surface area contributed by atoms with Crippen molar-refractivity contribution >= 4 is 21.7 Å². The lowest BCUT2D eigenvalue weighted by molar-refractivity contribution is -0.124. The molecule has 1 aromatic rings. The third-order valence-corrected chi connectivity index (χ3v) is 4.01. The zero-order valence-corrected chi connectivity index (χ0v) is 11.1. The van der Waals surface area contributed by atoms with E-state index in [4.69, 9.17) is 5.73 Å². The fraction of sp³-hybridized carbons (Fsp3) is 0.273. The summed E-state index contributed by atoms with van der Waals surface area (Å²) in [5, 5.41) is 0. The van der Waals surface area contributed by atoms with Gasteiger partial charge in [-0.2, -0.15) is 0 Å². The van der Waals surface area contributed by atoms with Gasteiger partial charge in [0.1, 0.15) is 0 Å². The molecule has 19 heavy (non-hydrogen) atoms. The summed E-state index contributed by atoms with van der Waals surface area (Å²) in [4.78, 5) is 26.7. The fourth-order valence-electron chi connectivity index (χ4n) is 1.31. The predicted molar refractivity (Wildman–Crippen MR) is 66.8 cm³/mol. The normalized spacial score (nSPS) is 11.0. The molecule has 104 valence electrons. The van der Waals surface area contributed by atoms with Crippen molar-refractivity contribution in [2.24, 2.45) is 5.73 Å². The SMILES string of the molecule is CCS(=O)(=O)c1ccccc1C(=O)NOCC(N)=O. The molecule has 2 amide bonds. The first-order valence-corrected chi connectivity index (χ1v) is 7.06. The van der Waals surface area contributed by atoms with Gasteiger partial charge < -0.3 is 5.73 Å². The number of hydroxylamine groups is 1. The van der Waals surface area contributed by atoms with Gasteiger partial charge in [-0.25, -0.2) is 13.9 Å². The molecule has 8 heteroatoms.